The van der Waals surface area contributed by atoms with Gasteiger partial charge < -0.3 is 14.5 Å². The first-order chi connectivity index (χ1) is 18.7. The van der Waals surface area contributed by atoms with Crippen molar-refractivity contribution in [2.75, 3.05) is 4.90 Å². The Kier molecular flexibility index (Phi) is 5.98. The number of aromatic carboxylic acids is 1. The lowest BCUT2D eigenvalue weighted by Crippen LogP contribution is -2.39. The van der Waals surface area contributed by atoms with Crippen molar-refractivity contribution in [2.24, 2.45) is 0 Å². The van der Waals surface area contributed by atoms with Gasteiger partial charge in [0.1, 0.15) is 16.6 Å². The number of nitrogens with zero attached hydrogens (tertiary/aromatic N) is 5. The van der Waals surface area contributed by atoms with E-state index < -0.39 is 23.6 Å². The summed E-state index contributed by atoms with van der Waals surface area (Å²) >= 11 is 0.992. The minimum absolute atomic E-state index is 0.118. The van der Waals surface area contributed by atoms with E-state index in [2.05, 4.69) is 9.53 Å². The Morgan fingerprint density at radius 3 is 2.64 bits per heavy atom. The van der Waals surface area contributed by atoms with Crippen LogP contribution in [-0.2, 0) is 4.79 Å². The molecule has 1 amide bonds. The Morgan fingerprint density at radius 2 is 1.95 bits per heavy atom. The zero-order valence-corrected chi connectivity index (χ0v) is 21.6. The summed E-state index contributed by atoms with van der Waals surface area (Å²) in [4.78, 5) is 31.2. The van der Waals surface area contributed by atoms with Gasteiger partial charge in [0.25, 0.3) is 0 Å². The second-order valence-corrected chi connectivity index (χ2v) is 10.1. The fourth-order valence-electron chi connectivity index (χ4n) is 5.15. The number of hydrogen-bond donors (Lipinski definition) is 1. The van der Waals surface area contributed by atoms with Crippen LogP contribution in [-0.4, -0.2) is 36.1 Å². The fourth-order valence-corrected chi connectivity index (χ4v) is 5.91. The van der Waals surface area contributed by atoms with Gasteiger partial charge in [0.2, 0.25) is 5.91 Å². The van der Waals surface area contributed by atoms with E-state index in [1.165, 1.54) is 17.0 Å². The summed E-state index contributed by atoms with van der Waals surface area (Å²) in [5.41, 5.74) is 3.77. The highest BCUT2D eigenvalue weighted by Crippen LogP contribution is 2.40. The molecular formula is C27H21F2N5O4S. The number of amides is 1. The van der Waals surface area contributed by atoms with Gasteiger partial charge in [-0.2, -0.15) is 4.37 Å². The van der Waals surface area contributed by atoms with E-state index in [1.807, 2.05) is 32.0 Å². The van der Waals surface area contributed by atoms with Gasteiger partial charge in [-0.15, -0.1) is 0 Å². The monoisotopic (exact) mass is 549 g/mol. The third-order valence-electron chi connectivity index (χ3n) is 6.87. The van der Waals surface area contributed by atoms with Crippen LogP contribution in [0.25, 0.3) is 27.2 Å². The lowest BCUT2D eigenvalue weighted by Gasteiger charge is -2.35. The van der Waals surface area contributed by atoms with Crippen molar-refractivity contribution in [1.82, 2.24) is 19.1 Å². The lowest BCUT2D eigenvalue weighted by molar-refractivity contribution is -0.120. The molecular weight excluding hydrogens is 528 g/mol. The first kappa shape index (κ1) is 24.9. The van der Waals surface area contributed by atoms with Crippen molar-refractivity contribution in [2.45, 2.75) is 39.2 Å². The van der Waals surface area contributed by atoms with Gasteiger partial charge in [-0.25, -0.2) is 18.6 Å². The van der Waals surface area contributed by atoms with Gasteiger partial charge >= 0.3 is 5.97 Å². The largest absolute Gasteiger partial charge is 0.476 e. The summed E-state index contributed by atoms with van der Waals surface area (Å²) in [7, 11) is 0. The molecule has 6 rings (SSSR count). The summed E-state index contributed by atoms with van der Waals surface area (Å²) < 4.78 is 39.1. The molecule has 5 aromatic rings. The minimum Gasteiger partial charge on any atom is -0.476 e. The molecule has 0 spiro atoms. The fraction of sp³-hybridized carbons (Fsp3) is 0.222. The maximum atomic E-state index is 14.2. The van der Waals surface area contributed by atoms with Crippen molar-refractivity contribution in [1.29, 1.82) is 0 Å². The highest BCUT2D eigenvalue weighted by Gasteiger charge is 2.35. The number of anilines is 1. The zero-order chi connectivity index (χ0) is 27.4. The van der Waals surface area contributed by atoms with Crippen LogP contribution in [0.15, 0.2) is 47.0 Å². The standard InChI is InChI=1S/C27H21F2N5O4S/c1-13-25(14(2)38-31-13)15-6-9-21-19(10-15)30-26(34(21)24-12-20(27(36)37)32-39-24)22-4-3-5-23(35)33(22)16-7-8-17(28)18(29)11-16/h6-12,22H,3-5H2,1-2H3,(H,36,37). The number of imidazole rings is 1. The summed E-state index contributed by atoms with van der Waals surface area (Å²) in [6.07, 6.45) is 1.32. The summed E-state index contributed by atoms with van der Waals surface area (Å²) in [6, 6.07) is 9.83. The average molecular weight is 550 g/mol. The van der Waals surface area contributed by atoms with E-state index in [1.54, 1.807) is 4.57 Å². The Labute approximate surface area is 224 Å². The number of rotatable bonds is 5. The molecule has 12 heteroatoms. The van der Waals surface area contributed by atoms with Crippen molar-refractivity contribution in [3.05, 3.63) is 77.1 Å². The Hall–Kier alpha value is -4.45. The Balaban J connectivity index is 1.57. The predicted molar refractivity (Wildman–Crippen MR) is 139 cm³/mol. The van der Waals surface area contributed by atoms with Crippen LogP contribution < -0.4 is 4.90 Å². The van der Waals surface area contributed by atoms with E-state index in [0.29, 0.717) is 40.5 Å². The van der Waals surface area contributed by atoms with E-state index in [9.17, 15) is 23.5 Å². The number of aryl methyl sites for hydroxylation is 2. The van der Waals surface area contributed by atoms with Gasteiger partial charge in [0, 0.05) is 29.8 Å². The van der Waals surface area contributed by atoms with Crippen LogP contribution in [0.1, 0.15) is 53.1 Å². The minimum atomic E-state index is -1.17. The smallest absolute Gasteiger partial charge is 0.355 e. The van der Waals surface area contributed by atoms with Crippen LogP contribution in [0.5, 0.6) is 0 Å². The highest BCUT2D eigenvalue weighted by molar-refractivity contribution is 7.08. The lowest BCUT2D eigenvalue weighted by atomic mass is 9.99. The molecule has 1 N–H and O–H groups in total. The second-order valence-electron chi connectivity index (χ2n) is 9.33. The molecule has 9 nitrogen and oxygen atoms in total. The SMILES string of the molecule is Cc1noc(C)c1-c1ccc2c(c1)nc(C1CCCC(=O)N1c1ccc(F)c(F)c1)n2-c1cc(C(=O)O)ns1. The van der Waals surface area contributed by atoms with Gasteiger partial charge in [-0.05, 0) is 68.1 Å². The Bertz CT molecular complexity index is 1760. The quantitative estimate of drug-likeness (QED) is 0.286. The van der Waals surface area contributed by atoms with Crippen molar-refractivity contribution >= 4 is 40.1 Å². The maximum Gasteiger partial charge on any atom is 0.355 e. The number of carbonyl (C=O) groups excluding carboxylic acids is 1. The van der Waals surface area contributed by atoms with E-state index in [0.717, 1.165) is 40.5 Å². The molecule has 39 heavy (non-hydrogen) atoms. The van der Waals surface area contributed by atoms with Gasteiger partial charge in [0.15, 0.2) is 17.3 Å². The predicted octanol–water partition coefficient (Wildman–Crippen LogP) is 5.99. The molecule has 1 saturated heterocycles. The van der Waals surface area contributed by atoms with Crippen LogP contribution in [0.3, 0.4) is 0 Å². The first-order valence-electron chi connectivity index (χ1n) is 12.2. The number of hydrogen-bond acceptors (Lipinski definition) is 7. The second kappa shape index (κ2) is 9.38. The normalized spacial score (nSPS) is 15.8. The molecule has 4 heterocycles. The van der Waals surface area contributed by atoms with Gasteiger partial charge in [-0.1, -0.05) is 11.2 Å². The molecule has 0 saturated carbocycles. The molecule has 2 aromatic carbocycles. The molecule has 0 bridgehead atoms. The summed E-state index contributed by atoms with van der Waals surface area (Å²) in [5, 5.41) is 14.0. The molecule has 1 atom stereocenters. The third kappa shape index (κ3) is 4.16. The highest BCUT2D eigenvalue weighted by atomic mass is 32.1. The van der Waals surface area contributed by atoms with Crippen molar-refractivity contribution in [3.8, 4) is 16.1 Å². The number of benzene rings is 2. The molecule has 1 fully saturated rings. The number of halogens is 2. The van der Waals surface area contributed by atoms with Gasteiger partial charge in [-0.3, -0.25) is 9.36 Å². The van der Waals surface area contributed by atoms with Crippen LogP contribution in [0.4, 0.5) is 14.5 Å². The van der Waals surface area contributed by atoms with E-state index >= 15 is 0 Å². The topological polar surface area (TPSA) is 114 Å². The number of aromatic nitrogens is 4. The third-order valence-corrected chi connectivity index (χ3v) is 7.64. The molecule has 0 aliphatic carbocycles. The van der Waals surface area contributed by atoms with E-state index in [-0.39, 0.29) is 23.7 Å². The zero-order valence-electron chi connectivity index (χ0n) is 20.8. The number of carboxylic acids is 1. The van der Waals surface area contributed by atoms with Crippen LogP contribution in [0.2, 0.25) is 0 Å². The van der Waals surface area contributed by atoms with Crippen molar-refractivity contribution in [3.63, 3.8) is 0 Å². The van der Waals surface area contributed by atoms with Crippen molar-refractivity contribution < 1.29 is 28.0 Å². The molecule has 3 aromatic heterocycles. The average Bonchev–Trinajstić information content (AvgIpc) is 3.62. The number of piperidine rings is 1. The molecule has 1 aliphatic rings. The van der Waals surface area contributed by atoms with Crippen LogP contribution >= 0.6 is 11.5 Å². The first-order valence-corrected chi connectivity index (χ1v) is 12.9. The maximum absolute atomic E-state index is 14.2. The molecule has 0 radical (unpaired) electrons. The number of fused-ring (bicyclic) bond motifs is 1. The number of carbonyl (C=O) groups is 2. The Morgan fingerprint density at radius 1 is 1.13 bits per heavy atom. The summed E-state index contributed by atoms with van der Waals surface area (Å²) in [6.45, 7) is 3.67. The summed E-state index contributed by atoms with van der Waals surface area (Å²) in [5.74, 6) is -2.37. The molecule has 1 unspecified atom stereocenters. The van der Waals surface area contributed by atoms with E-state index in [4.69, 9.17) is 9.51 Å². The molecule has 198 valence electrons. The number of carboxylic acid groups (broad SMARTS) is 1. The van der Waals surface area contributed by atoms with Gasteiger partial charge in [0.05, 0.1) is 22.8 Å². The van der Waals surface area contributed by atoms with Crippen LogP contribution in [0, 0.1) is 25.5 Å². The molecule has 1 aliphatic heterocycles.